The molecule has 2 N–H and O–H groups in total. The fourth-order valence-electron chi connectivity index (χ4n) is 1.81. The summed E-state index contributed by atoms with van der Waals surface area (Å²) >= 11 is 0. The molecule has 1 aromatic carbocycles. The summed E-state index contributed by atoms with van der Waals surface area (Å²) in [6.07, 6.45) is 0. The van der Waals surface area contributed by atoms with Crippen molar-refractivity contribution in [3.05, 3.63) is 41.7 Å². The molecule has 1 aromatic heterocycles. The van der Waals surface area contributed by atoms with Crippen molar-refractivity contribution in [3.63, 3.8) is 0 Å². The summed E-state index contributed by atoms with van der Waals surface area (Å²) in [5, 5.41) is 14.9. The molecule has 1 amide bonds. The number of methoxy groups -OCH3 is 1. The van der Waals surface area contributed by atoms with Crippen molar-refractivity contribution >= 4 is 11.9 Å². The molecule has 0 saturated heterocycles. The molecule has 8 heteroatoms. The number of hydrogen-bond acceptors (Lipinski definition) is 6. The van der Waals surface area contributed by atoms with Gasteiger partial charge in [-0.25, -0.2) is 4.79 Å². The van der Waals surface area contributed by atoms with Gasteiger partial charge in [0.1, 0.15) is 5.75 Å². The van der Waals surface area contributed by atoms with Gasteiger partial charge in [-0.1, -0.05) is 12.1 Å². The Kier molecular flexibility index (Phi) is 5.19. The predicted octanol–water partition coefficient (Wildman–Crippen LogP) is 1.64. The van der Waals surface area contributed by atoms with Crippen LogP contribution in [0.1, 0.15) is 29.1 Å². The first-order chi connectivity index (χ1) is 11.0. The van der Waals surface area contributed by atoms with E-state index in [9.17, 15) is 9.59 Å². The van der Waals surface area contributed by atoms with E-state index in [2.05, 4.69) is 10.5 Å². The summed E-state index contributed by atoms with van der Waals surface area (Å²) in [7, 11) is 1.43. The fraction of sp³-hybridized carbons (Fsp3) is 0.267. The molecule has 1 atom stereocenters. The third-order valence-corrected chi connectivity index (χ3v) is 3.01. The number of carbonyl (C=O) groups excluding carboxylic acids is 1. The zero-order valence-corrected chi connectivity index (χ0v) is 12.6. The quantitative estimate of drug-likeness (QED) is 0.797. The Morgan fingerprint density at radius 2 is 2.04 bits per heavy atom. The van der Waals surface area contributed by atoms with E-state index in [1.165, 1.54) is 13.2 Å². The Labute approximate surface area is 132 Å². The highest BCUT2D eigenvalue weighted by Gasteiger charge is 2.16. The van der Waals surface area contributed by atoms with Gasteiger partial charge in [0.15, 0.2) is 6.61 Å². The first kappa shape index (κ1) is 16.3. The van der Waals surface area contributed by atoms with Crippen LogP contribution in [0.2, 0.25) is 0 Å². The van der Waals surface area contributed by atoms with Gasteiger partial charge in [0.2, 0.25) is 5.76 Å². The first-order valence-electron chi connectivity index (χ1n) is 6.75. The van der Waals surface area contributed by atoms with Crippen LogP contribution in [-0.4, -0.2) is 35.9 Å². The average molecular weight is 320 g/mol. The molecule has 1 heterocycles. The molecule has 2 rings (SSSR count). The van der Waals surface area contributed by atoms with E-state index in [1.807, 2.05) is 0 Å². The molecule has 0 fully saturated rings. The Morgan fingerprint density at radius 1 is 1.35 bits per heavy atom. The molecule has 0 aliphatic carbocycles. The van der Waals surface area contributed by atoms with Gasteiger partial charge in [-0.05, 0) is 29.8 Å². The monoisotopic (exact) mass is 320 g/mol. The zero-order chi connectivity index (χ0) is 16.8. The second-order valence-corrected chi connectivity index (χ2v) is 4.68. The van der Waals surface area contributed by atoms with Crippen molar-refractivity contribution in [1.29, 1.82) is 0 Å². The van der Waals surface area contributed by atoms with Crippen LogP contribution in [0.3, 0.4) is 0 Å². The Bertz CT molecular complexity index is 680. The Morgan fingerprint density at radius 3 is 2.61 bits per heavy atom. The molecule has 1 unspecified atom stereocenters. The number of carboxylic acids is 1. The summed E-state index contributed by atoms with van der Waals surface area (Å²) in [5.74, 6) is -0.746. The molecule has 8 nitrogen and oxygen atoms in total. The highest BCUT2D eigenvalue weighted by Crippen LogP contribution is 2.18. The van der Waals surface area contributed by atoms with Crippen molar-refractivity contribution in [2.45, 2.75) is 13.0 Å². The van der Waals surface area contributed by atoms with Crippen molar-refractivity contribution in [2.75, 3.05) is 13.7 Å². The van der Waals surface area contributed by atoms with Gasteiger partial charge in [-0.3, -0.25) is 4.79 Å². The lowest BCUT2D eigenvalue weighted by atomic mass is 10.1. The highest BCUT2D eigenvalue weighted by atomic mass is 16.5. The van der Waals surface area contributed by atoms with Crippen LogP contribution in [-0.2, 0) is 4.79 Å². The molecule has 0 aliphatic heterocycles. The number of rotatable bonds is 7. The van der Waals surface area contributed by atoms with Crippen LogP contribution in [0.5, 0.6) is 11.6 Å². The van der Waals surface area contributed by atoms with Crippen molar-refractivity contribution < 1.29 is 28.7 Å². The van der Waals surface area contributed by atoms with E-state index < -0.39 is 18.5 Å². The maximum Gasteiger partial charge on any atom is 0.341 e. The number of aromatic nitrogens is 1. The Balaban J connectivity index is 1.95. The summed E-state index contributed by atoms with van der Waals surface area (Å²) in [4.78, 5) is 22.4. The fourth-order valence-corrected chi connectivity index (χ4v) is 1.81. The van der Waals surface area contributed by atoms with Crippen LogP contribution in [0, 0.1) is 0 Å². The van der Waals surface area contributed by atoms with Gasteiger partial charge < -0.3 is 24.4 Å². The van der Waals surface area contributed by atoms with Crippen LogP contribution in [0.25, 0.3) is 0 Å². The van der Waals surface area contributed by atoms with Crippen molar-refractivity contribution in [2.24, 2.45) is 0 Å². The zero-order valence-electron chi connectivity index (χ0n) is 12.6. The van der Waals surface area contributed by atoms with Crippen LogP contribution in [0.15, 0.2) is 34.9 Å². The number of nitrogens with zero attached hydrogens (tertiary/aromatic N) is 1. The molecule has 0 radical (unpaired) electrons. The lowest BCUT2D eigenvalue weighted by Gasteiger charge is -2.13. The minimum Gasteiger partial charge on any atom is -0.482 e. The standard InChI is InChI=1S/C15H16N2O6/c1-9(16-15(20)12-7-13(21-2)17-23-12)10-3-5-11(6-4-10)22-8-14(18)19/h3-7,9H,8H2,1-2H3,(H,16,20)(H,18,19). The molecular formula is C15H16N2O6. The van der Waals surface area contributed by atoms with Gasteiger partial charge in [-0.2, -0.15) is 0 Å². The maximum absolute atomic E-state index is 12.0. The molecule has 0 aliphatic rings. The number of carboxylic acid groups (broad SMARTS) is 1. The average Bonchev–Trinajstić information content (AvgIpc) is 3.02. The van der Waals surface area contributed by atoms with E-state index in [0.29, 0.717) is 5.75 Å². The van der Waals surface area contributed by atoms with Gasteiger partial charge in [-0.15, -0.1) is 0 Å². The normalized spacial score (nSPS) is 11.6. The minimum absolute atomic E-state index is 0.0510. The molecule has 0 spiro atoms. The highest BCUT2D eigenvalue weighted by molar-refractivity contribution is 5.91. The topological polar surface area (TPSA) is 111 Å². The Hall–Kier alpha value is -3.03. The summed E-state index contributed by atoms with van der Waals surface area (Å²) in [6.45, 7) is 1.40. The van der Waals surface area contributed by atoms with E-state index in [-0.39, 0.29) is 17.7 Å². The SMILES string of the molecule is COc1cc(C(=O)NC(C)c2ccc(OCC(=O)O)cc2)on1. The lowest BCUT2D eigenvalue weighted by molar-refractivity contribution is -0.139. The van der Waals surface area contributed by atoms with Crippen LogP contribution < -0.4 is 14.8 Å². The van der Waals surface area contributed by atoms with Gasteiger partial charge in [0, 0.05) is 0 Å². The number of aliphatic carboxylic acids is 1. The molecule has 23 heavy (non-hydrogen) atoms. The predicted molar refractivity (Wildman–Crippen MR) is 78.5 cm³/mol. The van der Waals surface area contributed by atoms with Gasteiger partial charge in [0.25, 0.3) is 11.8 Å². The number of ether oxygens (including phenoxy) is 2. The van der Waals surface area contributed by atoms with E-state index >= 15 is 0 Å². The third kappa shape index (κ3) is 4.47. The second kappa shape index (κ2) is 7.30. The van der Waals surface area contributed by atoms with Gasteiger partial charge in [0.05, 0.1) is 19.2 Å². The largest absolute Gasteiger partial charge is 0.482 e. The molecular weight excluding hydrogens is 304 g/mol. The number of benzene rings is 1. The number of nitrogens with one attached hydrogen (secondary N) is 1. The second-order valence-electron chi connectivity index (χ2n) is 4.68. The molecule has 0 bridgehead atoms. The van der Waals surface area contributed by atoms with Crippen molar-refractivity contribution in [3.8, 4) is 11.6 Å². The molecule has 122 valence electrons. The third-order valence-electron chi connectivity index (χ3n) is 3.01. The van der Waals surface area contributed by atoms with Crippen molar-refractivity contribution in [1.82, 2.24) is 10.5 Å². The summed E-state index contributed by atoms with van der Waals surface area (Å²) in [6, 6.07) is 7.86. The minimum atomic E-state index is -1.04. The number of carbonyl (C=O) groups is 2. The first-order valence-corrected chi connectivity index (χ1v) is 6.75. The molecule has 0 saturated carbocycles. The number of amides is 1. The van der Waals surface area contributed by atoms with E-state index in [0.717, 1.165) is 5.56 Å². The van der Waals surface area contributed by atoms with E-state index in [4.69, 9.17) is 19.1 Å². The van der Waals surface area contributed by atoms with Gasteiger partial charge >= 0.3 is 5.97 Å². The van der Waals surface area contributed by atoms with E-state index in [1.54, 1.807) is 31.2 Å². The van der Waals surface area contributed by atoms with Crippen LogP contribution in [0.4, 0.5) is 0 Å². The smallest absolute Gasteiger partial charge is 0.341 e. The summed E-state index contributed by atoms with van der Waals surface area (Å²) in [5.41, 5.74) is 0.826. The molecule has 2 aromatic rings. The number of hydrogen-bond donors (Lipinski definition) is 2. The maximum atomic E-state index is 12.0. The summed E-state index contributed by atoms with van der Waals surface area (Å²) < 4.78 is 14.8. The lowest BCUT2D eigenvalue weighted by Crippen LogP contribution is -2.26. The van der Waals surface area contributed by atoms with Crippen LogP contribution >= 0.6 is 0 Å².